The molecule has 0 aliphatic rings. The van der Waals surface area contributed by atoms with E-state index in [1.54, 1.807) is 6.92 Å². The molecule has 0 saturated heterocycles. The number of hydrogen-bond acceptors (Lipinski definition) is 5. The molecule has 2 aromatic rings. The second-order valence-corrected chi connectivity index (χ2v) is 8.31. The van der Waals surface area contributed by atoms with Crippen LogP contribution in [0.5, 0.6) is 5.75 Å². The molecule has 0 atom stereocenters. The average Bonchev–Trinajstić information content (AvgIpc) is 2.64. The summed E-state index contributed by atoms with van der Waals surface area (Å²) in [7, 11) is -4.12. The number of amides is 1. The number of anilines is 1. The first-order valence-corrected chi connectivity index (χ1v) is 10.8. The fourth-order valence-electron chi connectivity index (χ4n) is 2.48. The Balaban J connectivity index is 2.39. The Morgan fingerprint density at radius 2 is 1.50 bits per heavy atom. The Bertz CT molecular complexity index is 924. The molecule has 0 unspecified atom stereocenters. The Labute approximate surface area is 170 Å². The van der Waals surface area contributed by atoms with Gasteiger partial charge >= 0.3 is 5.97 Å². The molecule has 0 spiro atoms. The maximum absolute atomic E-state index is 13.1. The van der Waals surface area contributed by atoms with Crippen molar-refractivity contribution in [1.82, 2.24) is 0 Å². The number of benzene rings is 2. The summed E-state index contributed by atoms with van der Waals surface area (Å²) in [5.41, 5.74) is 0.170. The van der Waals surface area contributed by atoms with Gasteiger partial charge in [-0.2, -0.15) is 0 Å². The highest BCUT2D eigenvalue weighted by Gasteiger charge is 2.30. The number of rotatable bonds is 8. The average molecular weight is 424 g/mol. The number of nitrogens with zero attached hydrogens (tertiary/aromatic N) is 1. The fraction of sp³-hybridized carbons (Fsp3) is 0.300. The largest absolute Gasteiger partial charge is 0.427 e. The molecule has 0 heterocycles. The van der Waals surface area contributed by atoms with E-state index in [1.807, 2.05) is 6.92 Å². The highest BCUT2D eigenvalue weighted by molar-refractivity contribution is 7.93. The molecule has 0 fully saturated rings. The van der Waals surface area contributed by atoms with Crippen LogP contribution >= 0.6 is 11.6 Å². The van der Waals surface area contributed by atoms with Crippen LogP contribution in [-0.2, 0) is 19.6 Å². The van der Waals surface area contributed by atoms with E-state index in [1.165, 1.54) is 48.5 Å². The maximum Gasteiger partial charge on any atom is 0.311 e. The summed E-state index contributed by atoms with van der Waals surface area (Å²) in [6.45, 7) is 3.66. The molecule has 2 aromatic carbocycles. The minimum atomic E-state index is -4.12. The normalized spacial score (nSPS) is 11.1. The van der Waals surface area contributed by atoms with Crippen molar-refractivity contribution >= 4 is 39.2 Å². The molecule has 2 rings (SSSR count). The third-order valence-corrected chi connectivity index (χ3v) is 5.81. The summed E-state index contributed by atoms with van der Waals surface area (Å²) in [6.07, 6.45) is 1.52. The summed E-state index contributed by atoms with van der Waals surface area (Å²) >= 11 is 5.84. The molecule has 1 amide bonds. The van der Waals surface area contributed by atoms with Crippen molar-refractivity contribution in [3.05, 3.63) is 53.6 Å². The first-order valence-electron chi connectivity index (χ1n) is 8.94. The SMILES string of the molecule is CCCC(=O)Oc1ccc(N(C(=O)CCC)S(=O)(=O)c2ccc(Cl)cc2)cc1. The molecule has 0 aliphatic heterocycles. The lowest BCUT2D eigenvalue weighted by Gasteiger charge is -2.23. The Kier molecular flexibility index (Phi) is 7.60. The van der Waals surface area contributed by atoms with Crippen LogP contribution in [0, 0.1) is 0 Å². The second kappa shape index (κ2) is 9.71. The number of esters is 1. The zero-order valence-corrected chi connectivity index (χ0v) is 17.3. The fourth-order valence-corrected chi connectivity index (χ4v) is 4.06. The van der Waals surface area contributed by atoms with Crippen molar-refractivity contribution in [1.29, 1.82) is 0 Å². The molecule has 28 heavy (non-hydrogen) atoms. The number of hydrogen-bond donors (Lipinski definition) is 0. The van der Waals surface area contributed by atoms with Crippen molar-refractivity contribution in [3.63, 3.8) is 0 Å². The predicted octanol–water partition coefficient (Wildman–Crippen LogP) is 4.57. The first kappa shape index (κ1) is 21.9. The van der Waals surface area contributed by atoms with Gasteiger partial charge in [0.1, 0.15) is 5.75 Å². The van der Waals surface area contributed by atoms with Crippen LogP contribution in [0.15, 0.2) is 53.4 Å². The smallest absolute Gasteiger partial charge is 0.311 e. The van der Waals surface area contributed by atoms with Gasteiger partial charge in [0.25, 0.3) is 10.0 Å². The van der Waals surface area contributed by atoms with E-state index in [-0.39, 0.29) is 35.1 Å². The van der Waals surface area contributed by atoms with Gasteiger partial charge in [0.05, 0.1) is 10.6 Å². The van der Waals surface area contributed by atoms with Gasteiger partial charge in [-0.15, -0.1) is 0 Å². The van der Waals surface area contributed by atoms with Crippen molar-refractivity contribution in [3.8, 4) is 5.75 Å². The third kappa shape index (κ3) is 5.33. The van der Waals surface area contributed by atoms with Gasteiger partial charge in [0, 0.05) is 17.9 Å². The lowest BCUT2D eigenvalue weighted by Crippen LogP contribution is -2.36. The van der Waals surface area contributed by atoms with Gasteiger partial charge in [-0.05, 0) is 61.4 Å². The topological polar surface area (TPSA) is 80.8 Å². The highest BCUT2D eigenvalue weighted by Crippen LogP contribution is 2.28. The first-order chi connectivity index (χ1) is 13.3. The molecule has 6 nitrogen and oxygen atoms in total. The lowest BCUT2D eigenvalue weighted by atomic mass is 10.2. The minimum absolute atomic E-state index is 0.0418. The van der Waals surface area contributed by atoms with E-state index in [0.29, 0.717) is 17.9 Å². The van der Waals surface area contributed by atoms with Gasteiger partial charge in [0.2, 0.25) is 5.91 Å². The summed E-state index contributed by atoms with van der Waals surface area (Å²) in [5.74, 6) is -0.634. The maximum atomic E-state index is 13.1. The van der Waals surface area contributed by atoms with Crippen LogP contribution in [0.4, 0.5) is 5.69 Å². The standard InChI is InChI=1S/C20H22ClNO5S/c1-3-5-19(23)22(28(25,26)18-13-7-15(21)8-14-18)16-9-11-17(12-10-16)27-20(24)6-4-2/h7-14H,3-6H2,1-2H3. The number of halogens is 1. The molecule has 0 aliphatic carbocycles. The van der Waals surface area contributed by atoms with E-state index in [2.05, 4.69) is 0 Å². The number of sulfonamides is 1. The van der Waals surface area contributed by atoms with Crippen LogP contribution in [0.2, 0.25) is 5.02 Å². The Morgan fingerprint density at radius 1 is 0.929 bits per heavy atom. The van der Waals surface area contributed by atoms with Gasteiger partial charge in [-0.1, -0.05) is 25.4 Å². The molecule has 0 saturated carbocycles. The molecular weight excluding hydrogens is 402 g/mol. The Hall–Kier alpha value is -2.38. The monoisotopic (exact) mass is 423 g/mol. The van der Waals surface area contributed by atoms with Crippen LogP contribution in [0.3, 0.4) is 0 Å². The van der Waals surface area contributed by atoms with E-state index < -0.39 is 15.9 Å². The van der Waals surface area contributed by atoms with Gasteiger partial charge in [-0.3, -0.25) is 9.59 Å². The van der Waals surface area contributed by atoms with Crippen molar-refractivity contribution in [2.45, 2.75) is 44.4 Å². The van der Waals surface area contributed by atoms with Crippen LogP contribution < -0.4 is 9.04 Å². The lowest BCUT2D eigenvalue weighted by molar-refractivity contribution is -0.134. The molecule has 8 heteroatoms. The van der Waals surface area contributed by atoms with Gasteiger partial charge in [0.15, 0.2) is 0 Å². The van der Waals surface area contributed by atoms with E-state index >= 15 is 0 Å². The summed E-state index contributed by atoms with van der Waals surface area (Å²) < 4.78 is 32.1. The molecular formula is C20H22ClNO5S. The van der Waals surface area contributed by atoms with Crippen molar-refractivity contribution in [2.24, 2.45) is 0 Å². The number of ether oxygens (including phenoxy) is 1. The van der Waals surface area contributed by atoms with Crippen molar-refractivity contribution in [2.75, 3.05) is 4.31 Å². The highest BCUT2D eigenvalue weighted by atomic mass is 35.5. The Morgan fingerprint density at radius 3 is 2.04 bits per heavy atom. The van der Waals surface area contributed by atoms with Gasteiger partial charge < -0.3 is 4.74 Å². The number of carbonyl (C=O) groups is 2. The third-order valence-electron chi connectivity index (χ3n) is 3.80. The zero-order valence-electron chi connectivity index (χ0n) is 15.7. The van der Waals surface area contributed by atoms with Crippen LogP contribution in [0.1, 0.15) is 39.5 Å². The van der Waals surface area contributed by atoms with E-state index in [4.69, 9.17) is 16.3 Å². The summed E-state index contributed by atoms with van der Waals surface area (Å²) in [4.78, 5) is 24.2. The molecule has 150 valence electrons. The predicted molar refractivity (Wildman–Crippen MR) is 108 cm³/mol. The quantitative estimate of drug-likeness (QED) is 0.459. The number of carbonyl (C=O) groups excluding carboxylic acids is 2. The molecule has 0 bridgehead atoms. The van der Waals surface area contributed by atoms with E-state index in [0.717, 1.165) is 4.31 Å². The summed E-state index contributed by atoms with van der Waals surface area (Å²) in [6, 6.07) is 11.4. The minimum Gasteiger partial charge on any atom is -0.427 e. The molecule has 0 aromatic heterocycles. The van der Waals surface area contributed by atoms with Crippen LogP contribution in [-0.4, -0.2) is 20.3 Å². The molecule has 0 N–H and O–H groups in total. The van der Waals surface area contributed by atoms with E-state index in [9.17, 15) is 18.0 Å². The molecule has 0 radical (unpaired) electrons. The van der Waals surface area contributed by atoms with Gasteiger partial charge in [-0.25, -0.2) is 12.7 Å². The summed E-state index contributed by atoms with van der Waals surface area (Å²) in [5, 5.41) is 0.392. The van der Waals surface area contributed by atoms with Crippen LogP contribution in [0.25, 0.3) is 0 Å². The second-order valence-electron chi connectivity index (χ2n) is 6.09. The zero-order chi connectivity index (χ0) is 20.7. The van der Waals surface area contributed by atoms with Crippen molar-refractivity contribution < 1.29 is 22.7 Å².